The Morgan fingerprint density at radius 1 is 1.12 bits per heavy atom. The molecule has 0 unspecified atom stereocenters. The van der Waals surface area contributed by atoms with Crippen molar-refractivity contribution < 1.29 is 18.4 Å². The number of amides is 1. The zero-order chi connectivity index (χ0) is 23.0. The fraction of sp³-hybridized carbons (Fsp3) is 0.391. The summed E-state index contributed by atoms with van der Waals surface area (Å²) >= 11 is 12.3. The fourth-order valence-corrected chi connectivity index (χ4v) is 3.89. The Kier molecular flexibility index (Phi) is 8.41. The largest absolute Gasteiger partial charge is 0.467 e. The maximum Gasteiger partial charge on any atom is 0.273 e. The summed E-state index contributed by atoms with van der Waals surface area (Å²) in [7, 11) is 0. The van der Waals surface area contributed by atoms with Gasteiger partial charge in [-0.05, 0) is 29.8 Å². The molecule has 0 bridgehead atoms. The van der Waals surface area contributed by atoms with Crippen LogP contribution in [0.25, 0.3) is 0 Å². The lowest BCUT2D eigenvalue weighted by atomic mass is 10.2. The number of hydrogen-bond acceptors (Lipinski definition) is 7. The summed E-state index contributed by atoms with van der Waals surface area (Å²) in [4.78, 5) is 21.4. The molecule has 1 saturated heterocycles. The first-order valence-electron chi connectivity index (χ1n) is 10.8. The Hall–Kier alpha value is -2.36. The molecule has 4 rings (SSSR count). The van der Waals surface area contributed by atoms with Crippen molar-refractivity contribution in [2.24, 2.45) is 0 Å². The molecule has 1 aliphatic rings. The van der Waals surface area contributed by atoms with Gasteiger partial charge in [-0.2, -0.15) is 0 Å². The molecule has 2 aromatic heterocycles. The van der Waals surface area contributed by atoms with E-state index in [1.54, 1.807) is 24.5 Å². The summed E-state index contributed by atoms with van der Waals surface area (Å²) in [6.07, 6.45) is 2.95. The molecule has 0 spiro atoms. The van der Waals surface area contributed by atoms with E-state index in [4.69, 9.17) is 36.8 Å². The van der Waals surface area contributed by atoms with Crippen LogP contribution in [-0.4, -0.2) is 60.1 Å². The zero-order valence-corrected chi connectivity index (χ0v) is 19.6. The molecule has 1 aliphatic heterocycles. The molecule has 0 saturated carbocycles. The van der Waals surface area contributed by atoms with Crippen LogP contribution < -0.4 is 5.32 Å². The quantitative estimate of drug-likeness (QED) is 0.460. The van der Waals surface area contributed by atoms with E-state index in [1.165, 1.54) is 6.26 Å². The predicted molar refractivity (Wildman–Crippen MR) is 124 cm³/mol. The highest BCUT2D eigenvalue weighted by molar-refractivity contribution is 6.42. The highest BCUT2D eigenvalue weighted by Gasteiger charge is 2.18. The lowest BCUT2D eigenvalue weighted by Crippen LogP contribution is -2.41. The molecule has 176 valence electrons. The number of carbonyl (C=O) groups is 1. The summed E-state index contributed by atoms with van der Waals surface area (Å²) in [6, 6.07) is 9.19. The minimum atomic E-state index is -0.314. The number of halogens is 2. The predicted octanol–water partition coefficient (Wildman–Crippen LogP) is 3.84. The van der Waals surface area contributed by atoms with Gasteiger partial charge in [0, 0.05) is 32.7 Å². The SMILES string of the molecule is O=C(NCc1ccco1)c1coc(CN(CCN2CCOCC2)Cc2ccc(Cl)c(Cl)c2)n1. The topological polar surface area (TPSA) is 84.0 Å². The second kappa shape index (κ2) is 11.7. The van der Waals surface area contributed by atoms with Gasteiger partial charge in [-0.1, -0.05) is 29.3 Å². The normalized spacial score (nSPS) is 14.6. The number of aromatic nitrogens is 1. The number of carbonyl (C=O) groups excluding carboxylic acids is 1. The van der Waals surface area contributed by atoms with Crippen LogP contribution in [-0.2, 0) is 24.4 Å². The summed E-state index contributed by atoms with van der Waals surface area (Å²) in [6.45, 7) is 6.41. The highest BCUT2D eigenvalue weighted by Crippen LogP contribution is 2.23. The molecular formula is C23H26Cl2N4O4. The van der Waals surface area contributed by atoms with Crippen LogP contribution in [0.2, 0.25) is 10.0 Å². The summed E-state index contributed by atoms with van der Waals surface area (Å²) in [5, 5.41) is 3.82. The number of ether oxygens (including phenoxy) is 1. The van der Waals surface area contributed by atoms with E-state index in [1.807, 2.05) is 12.1 Å². The Labute approximate surface area is 202 Å². The average Bonchev–Trinajstić information content (AvgIpc) is 3.51. The van der Waals surface area contributed by atoms with Gasteiger partial charge >= 0.3 is 0 Å². The monoisotopic (exact) mass is 492 g/mol. The van der Waals surface area contributed by atoms with Gasteiger partial charge in [-0.3, -0.25) is 14.6 Å². The minimum Gasteiger partial charge on any atom is -0.467 e. The number of furan rings is 1. The fourth-order valence-electron chi connectivity index (χ4n) is 3.57. The van der Waals surface area contributed by atoms with Crippen molar-refractivity contribution >= 4 is 29.1 Å². The van der Waals surface area contributed by atoms with Gasteiger partial charge in [0.25, 0.3) is 5.91 Å². The second-order valence-corrected chi connectivity index (χ2v) is 8.62. The van der Waals surface area contributed by atoms with Gasteiger partial charge in [-0.25, -0.2) is 4.98 Å². The Balaban J connectivity index is 1.38. The van der Waals surface area contributed by atoms with Gasteiger partial charge in [0.2, 0.25) is 5.89 Å². The molecule has 10 heteroatoms. The first-order valence-corrected chi connectivity index (χ1v) is 11.5. The third-order valence-corrected chi connectivity index (χ3v) is 6.11. The minimum absolute atomic E-state index is 0.235. The first-order chi connectivity index (χ1) is 16.1. The van der Waals surface area contributed by atoms with Crippen molar-refractivity contribution in [3.63, 3.8) is 0 Å². The summed E-state index contributed by atoms with van der Waals surface area (Å²) in [5.74, 6) is 0.828. The Bertz CT molecular complexity index is 1040. The molecule has 1 N–H and O–H groups in total. The third-order valence-electron chi connectivity index (χ3n) is 5.37. The standard InChI is InChI=1S/C23H26Cl2N4O4/c24-19-4-3-17(12-20(19)25)14-29(6-5-28-7-10-31-11-8-28)15-22-27-21(16-33-22)23(30)26-13-18-2-1-9-32-18/h1-4,9,12,16H,5-8,10-11,13-15H2,(H,26,30). The van der Waals surface area contributed by atoms with Crippen molar-refractivity contribution in [2.75, 3.05) is 39.4 Å². The molecule has 1 amide bonds. The van der Waals surface area contributed by atoms with Crippen LogP contribution in [0.3, 0.4) is 0 Å². The number of rotatable bonds is 10. The van der Waals surface area contributed by atoms with Crippen molar-refractivity contribution in [1.82, 2.24) is 20.1 Å². The molecule has 33 heavy (non-hydrogen) atoms. The van der Waals surface area contributed by atoms with Crippen molar-refractivity contribution in [3.8, 4) is 0 Å². The number of benzene rings is 1. The molecule has 1 fully saturated rings. The molecule has 0 atom stereocenters. The average molecular weight is 493 g/mol. The number of oxazole rings is 1. The lowest BCUT2D eigenvalue weighted by Gasteiger charge is -2.29. The van der Waals surface area contributed by atoms with Crippen molar-refractivity contribution in [1.29, 1.82) is 0 Å². The van der Waals surface area contributed by atoms with Crippen LogP contribution in [0.4, 0.5) is 0 Å². The van der Waals surface area contributed by atoms with Crippen LogP contribution >= 0.6 is 23.2 Å². The van der Waals surface area contributed by atoms with E-state index in [2.05, 4.69) is 20.1 Å². The third kappa shape index (κ3) is 7.06. The van der Waals surface area contributed by atoms with E-state index in [0.29, 0.717) is 34.8 Å². The molecule has 3 aromatic rings. The second-order valence-electron chi connectivity index (χ2n) is 7.80. The molecule has 0 radical (unpaired) electrons. The van der Waals surface area contributed by atoms with E-state index in [-0.39, 0.29) is 18.1 Å². The van der Waals surface area contributed by atoms with E-state index in [0.717, 1.165) is 45.0 Å². The van der Waals surface area contributed by atoms with Crippen LogP contribution in [0.15, 0.2) is 51.7 Å². The Morgan fingerprint density at radius 3 is 2.73 bits per heavy atom. The molecular weight excluding hydrogens is 467 g/mol. The number of nitrogens with one attached hydrogen (secondary N) is 1. The molecule has 3 heterocycles. The number of morpholine rings is 1. The van der Waals surface area contributed by atoms with Crippen LogP contribution in [0.1, 0.15) is 27.7 Å². The summed E-state index contributed by atoms with van der Waals surface area (Å²) < 4.78 is 16.3. The van der Waals surface area contributed by atoms with Gasteiger partial charge in [-0.15, -0.1) is 0 Å². The zero-order valence-electron chi connectivity index (χ0n) is 18.1. The lowest BCUT2D eigenvalue weighted by molar-refractivity contribution is 0.0320. The van der Waals surface area contributed by atoms with Crippen molar-refractivity contribution in [2.45, 2.75) is 19.6 Å². The van der Waals surface area contributed by atoms with E-state index >= 15 is 0 Å². The maximum absolute atomic E-state index is 12.4. The molecule has 8 nitrogen and oxygen atoms in total. The van der Waals surface area contributed by atoms with Crippen LogP contribution in [0, 0.1) is 0 Å². The van der Waals surface area contributed by atoms with E-state index in [9.17, 15) is 4.79 Å². The van der Waals surface area contributed by atoms with E-state index < -0.39 is 0 Å². The summed E-state index contributed by atoms with van der Waals surface area (Å²) in [5.41, 5.74) is 1.27. The maximum atomic E-state index is 12.4. The van der Waals surface area contributed by atoms with Gasteiger partial charge < -0.3 is 18.9 Å². The van der Waals surface area contributed by atoms with Crippen LogP contribution in [0.5, 0.6) is 0 Å². The van der Waals surface area contributed by atoms with Gasteiger partial charge in [0.1, 0.15) is 12.0 Å². The number of nitrogens with zero attached hydrogens (tertiary/aromatic N) is 3. The highest BCUT2D eigenvalue weighted by atomic mass is 35.5. The van der Waals surface area contributed by atoms with Gasteiger partial charge in [0.05, 0.1) is 42.6 Å². The van der Waals surface area contributed by atoms with Gasteiger partial charge in [0.15, 0.2) is 5.69 Å². The smallest absolute Gasteiger partial charge is 0.273 e. The van der Waals surface area contributed by atoms with Crippen molar-refractivity contribution in [3.05, 3.63) is 75.8 Å². The molecule has 1 aromatic carbocycles. The molecule has 0 aliphatic carbocycles. The first kappa shape index (κ1) is 23.8. The number of hydrogen-bond donors (Lipinski definition) is 1. The Morgan fingerprint density at radius 2 is 1.97 bits per heavy atom.